The number of hydrogen-bond acceptors (Lipinski definition) is 3. The first-order valence-corrected chi connectivity index (χ1v) is 8.07. The lowest BCUT2D eigenvalue weighted by atomic mass is 9.94. The fraction of sp³-hybridized carbons (Fsp3) is 1.00. The Morgan fingerprint density at radius 2 is 2.19 bits per heavy atom. The second-order valence-corrected chi connectivity index (χ2v) is 7.10. The third-order valence-corrected chi connectivity index (χ3v) is 5.53. The highest BCUT2D eigenvalue weighted by Crippen LogP contribution is 2.26. The topological polar surface area (TPSA) is 32.3 Å². The van der Waals surface area contributed by atoms with Crippen LogP contribution in [0.2, 0.25) is 0 Å². The third-order valence-electron chi connectivity index (χ3n) is 4.16. The van der Waals surface area contributed by atoms with Gasteiger partial charge >= 0.3 is 0 Å². The van der Waals surface area contributed by atoms with Gasteiger partial charge in [0.2, 0.25) is 0 Å². The molecular formula is C12H24N2OS. The standard InChI is InChI=1S/C12H24N2OS/c1-10(16(2)15)3-6-13-12-5-8-14-7-4-11(12)9-14/h10-13H,3-9H2,1-2H3. The van der Waals surface area contributed by atoms with Gasteiger partial charge in [0.1, 0.15) is 0 Å². The predicted molar refractivity (Wildman–Crippen MR) is 69.1 cm³/mol. The molecule has 0 aliphatic carbocycles. The zero-order valence-corrected chi connectivity index (χ0v) is 11.3. The summed E-state index contributed by atoms with van der Waals surface area (Å²) < 4.78 is 11.2. The Kier molecular flexibility index (Phi) is 4.39. The zero-order chi connectivity index (χ0) is 11.5. The van der Waals surface area contributed by atoms with Crippen molar-refractivity contribution in [2.75, 3.05) is 32.4 Å². The maximum atomic E-state index is 11.2. The second kappa shape index (κ2) is 5.61. The largest absolute Gasteiger partial charge is 0.314 e. The van der Waals surface area contributed by atoms with Gasteiger partial charge in [-0.05, 0) is 44.8 Å². The molecule has 0 aromatic heterocycles. The number of hydrogen-bond donors (Lipinski definition) is 1. The van der Waals surface area contributed by atoms with Gasteiger partial charge in [-0.25, -0.2) is 0 Å². The molecule has 0 aromatic carbocycles. The molecule has 2 rings (SSSR count). The van der Waals surface area contributed by atoms with Crippen molar-refractivity contribution in [2.24, 2.45) is 5.92 Å². The van der Waals surface area contributed by atoms with Gasteiger partial charge in [-0.3, -0.25) is 4.21 Å². The molecule has 2 aliphatic rings. The van der Waals surface area contributed by atoms with Crippen LogP contribution in [0.25, 0.3) is 0 Å². The van der Waals surface area contributed by atoms with Gasteiger partial charge < -0.3 is 10.2 Å². The molecule has 2 bridgehead atoms. The Bertz CT molecular complexity index is 259. The summed E-state index contributed by atoms with van der Waals surface area (Å²) >= 11 is 0. The van der Waals surface area contributed by atoms with Gasteiger partial charge in [-0.1, -0.05) is 6.92 Å². The summed E-state index contributed by atoms with van der Waals surface area (Å²) in [7, 11) is -0.667. The Morgan fingerprint density at radius 1 is 1.44 bits per heavy atom. The molecule has 2 saturated heterocycles. The van der Waals surface area contributed by atoms with Crippen LogP contribution >= 0.6 is 0 Å². The predicted octanol–water partition coefficient (Wildman–Crippen LogP) is 0.827. The van der Waals surface area contributed by atoms with Crippen LogP contribution in [-0.4, -0.2) is 52.8 Å². The molecule has 3 nitrogen and oxygen atoms in total. The normalized spacial score (nSPS) is 37.2. The van der Waals surface area contributed by atoms with Gasteiger partial charge in [-0.15, -0.1) is 0 Å². The summed E-state index contributed by atoms with van der Waals surface area (Å²) in [5.74, 6) is 0.871. The van der Waals surface area contributed by atoms with Crippen LogP contribution in [0.15, 0.2) is 0 Å². The Morgan fingerprint density at radius 3 is 2.94 bits per heavy atom. The monoisotopic (exact) mass is 244 g/mol. The van der Waals surface area contributed by atoms with Gasteiger partial charge in [0.25, 0.3) is 0 Å². The lowest BCUT2D eigenvalue weighted by Gasteiger charge is -2.31. The average Bonchev–Trinajstić information content (AvgIpc) is 2.64. The van der Waals surface area contributed by atoms with Crippen LogP contribution in [0.1, 0.15) is 26.2 Å². The van der Waals surface area contributed by atoms with Crippen LogP contribution in [0, 0.1) is 5.92 Å². The Balaban J connectivity index is 1.68. The number of nitrogens with one attached hydrogen (secondary N) is 1. The minimum absolute atomic E-state index is 0.330. The maximum absolute atomic E-state index is 11.2. The average molecular weight is 244 g/mol. The molecule has 0 saturated carbocycles. The van der Waals surface area contributed by atoms with E-state index in [-0.39, 0.29) is 0 Å². The van der Waals surface area contributed by atoms with Crippen LogP contribution in [0.4, 0.5) is 0 Å². The van der Waals surface area contributed by atoms with Crippen molar-refractivity contribution in [3.8, 4) is 0 Å². The van der Waals surface area contributed by atoms with Gasteiger partial charge in [-0.2, -0.15) is 0 Å². The minimum Gasteiger partial charge on any atom is -0.314 e. The highest BCUT2D eigenvalue weighted by molar-refractivity contribution is 7.84. The number of rotatable bonds is 5. The van der Waals surface area contributed by atoms with E-state index >= 15 is 0 Å². The quantitative estimate of drug-likeness (QED) is 0.777. The third kappa shape index (κ3) is 3.05. The van der Waals surface area contributed by atoms with Crippen LogP contribution in [0.5, 0.6) is 0 Å². The summed E-state index contributed by atoms with van der Waals surface area (Å²) in [5.41, 5.74) is 0. The molecule has 16 heavy (non-hydrogen) atoms. The fourth-order valence-electron chi connectivity index (χ4n) is 2.86. The van der Waals surface area contributed by atoms with Gasteiger partial charge in [0, 0.05) is 34.9 Å². The van der Waals surface area contributed by atoms with Gasteiger partial charge in [0.05, 0.1) is 0 Å². The van der Waals surface area contributed by atoms with Crippen LogP contribution in [0.3, 0.4) is 0 Å². The van der Waals surface area contributed by atoms with E-state index in [1.165, 1.54) is 32.5 Å². The second-order valence-electron chi connectivity index (χ2n) is 5.30. The van der Waals surface area contributed by atoms with Crippen LogP contribution in [-0.2, 0) is 10.8 Å². The lowest BCUT2D eigenvalue weighted by Crippen LogP contribution is -2.44. The van der Waals surface area contributed by atoms with E-state index in [1.54, 1.807) is 6.26 Å². The number of fused-ring (bicyclic) bond motifs is 2. The first-order valence-electron chi connectivity index (χ1n) is 6.45. The zero-order valence-electron chi connectivity index (χ0n) is 10.4. The number of piperidine rings is 1. The van der Waals surface area contributed by atoms with E-state index < -0.39 is 10.8 Å². The van der Waals surface area contributed by atoms with Crippen molar-refractivity contribution in [2.45, 2.75) is 37.5 Å². The summed E-state index contributed by atoms with van der Waals surface area (Å²) in [6, 6.07) is 0.719. The van der Waals surface area contributed by atoms with Crippen molar-refractivity contribution in [1.29, 1.82) is 0 Å². The Hall–Kier alpha value is 0.0700. The molecule has 5 atom stereocenters. The minimum atomic E-state index is -0.667. The molecular weight excluding hydrogens is 220 g/mol. The Labute approximate surface area is 101 Å². The first kappa shape index (κ1) is 12.5. The molecule has 0 aromatic rings. The summed E-state index contributed by atoms with van der Waals surface area (Å²) in [6.45, 7) is 6.98. The SMILES string of the molecule is CC(CCNC1CCN2CCC1C2)S(C)=O. The lowest BCUT2D eigenvalue weighted by molar-refractivity contribution is 0.221. The molecule has 0 radical (unpaired) electrons. The van der Waals surface area contributed by atoms with Crippen molar-refractivity contribution in [3.05, 3.63) is 0 Å². The molecule has 5 unspecified atom stereocenters. The van der Waals surface area contributed by atoms with Crippen molar-refractivity contribution < 1.29 is 4.21 Å². The molecule has 94 valence electrons. The summed E-state index contributed by atoms with van der Waals surface area (Å²) in [4.78, 5) is 2.58. The molecule has 1 N–H and O–H groups in total. The molecule has 4 heteroatoms. The molecule has 2 fully saturated rings. The maximum Gasteiger partial charge on any atom is 0.0329 e. The van der Waals surface area contributed by atoms with E-state index in [2.05, 4.69) is 17.1 Å². The van der Waals surface area contributed by atoms with E-state index in [1.807, 2.05) is 0 Å². The fourth-order valence-corrected chi connectivity index (χ4v) is 3.31. The molecule has 0 amide bonds. The van der Waals surface area contributed by atoms with E-state index in [9.17, 15) is 4.21 Å². The molecule has 0 spiro atoms. The number of nitrogens with zero attached hydrogens (tertiary/aromatic N) is 1. The van der Waals surface area contributed by atoms with Crippen molar-refractivity contribution in [1.82, 2.24) is 10.2 Å². The smallest absolute Gasteiger partial charge is 0.0329 e. The highest BCUT2D eigenvalue weighted by atomic mass is 32.2. The molecule has 2 heterocycles. The van der Waals surface area contributed by atoms with Gasteiger partial charge in [0.15, 0.2) is 0 Å². The van der Waals surface area contributed by atoms with Crippen molar-refractivity contribution >= 4 is 10.8 Å². The van der Waals surface area contributed by atoms with Crippen LogP contribution < -0.4 is 5.32 Å². The highest BCUT2D eigenvalue weighted by Gasteiger charge is 2.33. The summed E-state index contributed by atoms with van der Waals surface area (Å²) in [6.07, 6.45) is 5.51. The van der Waals surface area contributed by atoms with E-state index in [0.29, 0.717) is 5.25 Å². The molecule has 2 aliphatic heterocycles. The van der Waals surface area contributed by atoms with E-state index in [4.69, 9.17) is 0 Å². The van der Waals surface area contributed by atoms with E-state index in [0.717, 1.165) is 24.9 Å². The first-order chi connectivity index (χ1) is 7.66. The summed E-state index contributed by atoms with van der Waals surface area (Å²) in [5, 5.41) is 4.00. The van der Waals surface area contributed by atoms with Crippen molar-refractivity contribution in [3.63, 3.8) is 0 Å².